The van der Waals surface area contributed by atoms with E-state index in [0.717, 1.165) is 10.9 Å². The second-order valence-corrected chi connectivity index (χ2v) is 7.79. The minimum Gasteiger partial charge on any atom is -0.309 e. The fraction of sp³-hybridized carbons (Fsp3) is 0.538. The van der Waals surface area contributed by atoms with Crippen molar-refractivity contribution in [3.63, 3.8) is 0 Å². The highest BCUT2D eigenvalue weighted by Gasteiger charge is 2.15. The van der Waals surface area contributed by atoms with Crippen LogP contribution in [0, 0.1) is 0 Å². The summed E-state index contributed by atoms with van der Waals surface area (Å²) >= 11 is 3.45. The van der Waals surface area contributed by atoms with E-state index >= 15 is 0 Å². The molecule has 1 aromatic carbocycles. The Morgan fingerprint density at radius 3 is 2.58 bits per heavy atom. The van der Waals surface area contributed by atoms with Crippen LogP contribution in [0.2, 0.25) is 0 Å². The first-order valence-corrected chi connectivity index (χ1v) is 8.66. The molecular formula is C13H21BrN2O2S. The number of hydrogen-bond donors (Lipinski definition) is 1. The zero-order valence-corrected chi connectivity index (χ0v) is 14.0. The van der Waals surface area contributed by atoms with Gasteiger partial charge >= 0.3 is 0 Å². The molecule has 0 saturated heterocycles. The van der Waals surface area contributed by atoms with Gasteiger partial charge < -0.3 is 5.32 Å². The number of rotatable bonds is 7. The lowest BCUT2D eigenvalue weighted by atomic mass is 10.1. The van der Waals surface area contributed by atoms with Crippen molar-refractivity contribution in [1.82, 2.24) is 9.62 Å². The second kappa shape index (κ2) is 7.38. The fourth-order valence-electron chi connectivity index (χ4n) is 1.77. The number of nitrogens with one attached hydrogen (secondary N) is 1. The molecule has 0 fully saturated rings. The van der Waals surface area contributed by atoms with Gasteiger partial charge in [0.2, 0.25) is 10.0 Å². The first-order valence-electron chi connectivity index (χ1n) is 6.26. The van der Waals surface area contributed by atoms with E-state index in [1.54, 1.807) is 14.1 Å². The molecule has 1 rings (SSSR count). The molecule has 1 unspecified atom stereocenters. The van der Waals surface area contributed by atoms with Crippen molar-refractivity contribution >= 4 is 26.0 Å². The Hall–Kier alpha value is -0.430. The lowest BCUT2D eigenvalue weighted by Crippen LogP contribution is -2.32. The summed E-state index contributed by atoms with van der Waals surface area (Å²) in [5.41, 5.74) is 1.17. The molecule has 108 valence electrons. The number of nitrogens with zero attached hydrogens (tertiary/aromatic N) is 1. The predicted octanol–water partition coefficient (Wildman–Crippen LogP) is 2.38. The van der Waals surface area contributed by atoms with Gasteiger partial charge in [-0.1, -0.05) is 35.0 Å². The van der Waals surface area contributed by atoms with Gasteiger partial charge in [0.15, 0.2) is 0 Å². The van der Waals surface area contributed by atoms with E-state index in [1.807, 2.05) is 18.2 Å². The van der Waals surface area contributed by atoms with E-state index in [0.29, 0.717) is 6.54 Å². The molecule has 0 radical (unpaired) electrons. The van der Waals surface area contributed by atoms with Gasteiger partial charge in [0.25, 0.3) is 0 Å². The Morgan fingerprint density at radius 1 is 1.37 bits per heavy atom. The van der Waals surface area contributed by atoms with Crippen molar-refractivity contribution in [2.75, 3.05) is 26.4 Å². The smallest absolute Gasteiger partial charge is 0.214 e. The topological polar surface area (TPSA) is 49.4 Å². The fourth-order valence-corrected chi connectivity index (χ4v) is 2.92. The highest BCUT2D eigenvalue weighted by Crippen LogP contribution is 2.20. The van der Waals surface area contributed by atoms with E-state index in [2.05, 4.69) is 34.2 Å². The van der Waals surface area contributed by atoms with Gasteiger partial charge in [-0.2, -0.15) is 0 Å². The molecule has 0 amide bonds. The van der Waals surface area contributed by atoms with Crippen LogP contribution in [0.3, 0.4) is 0 Å². The van der Waals surface area contributed by atoms with Gasteiger partial charge in [0.05, 0.1) is 5.75 Å². The number of hydrogen-bond acceptors (Lipinski definition) is 3. The van der Waals surface area contributed by atoms with Crippen LogP contribution in [0.15, 0.2) is 28.7 Å². The summed E-state index contributed by atoms with van der Waals surface area (Å²) < 4.78 is 25.6. The number of sulfonamides is 1. The molecule has 0 heterocycles. The monoisotopic (exact) mass is 348 g/mol. The van der Waals surface area contributed by atoms with Crippen LogP contribution in [0.4, 0.5) is 0 Å². The average Bonchev–Trinajstić information content (AvgIpc) is 2.34. The van der Waals surface area contributed by atoms with Gasteiger partial charge in [-0.25, -0.2) is 12.7 Å². The number of benzene rings is 1. The molecule has 0 bridgehead atoms. The maximum Gasteiger partial charge on any atom is 0.214 e. The Labute approximate surface area is 124 Å². The van der Waals surface area contributed by atoms with Crippen molar-refractivity contribution in [3.8, 4) is 0 Å². The maximum absolute atomic E-state index is 11.7. The first-order chi connectivity index (χ1) is 8.86. The predicted molar refractivity (Wildman–Crippen MR) is 82.7 cm³/mol. The Morgan fingerprint density at radius 2 is 2.05 bits per heavy atom. The molecule has 1 atom stereocenters. The zero-order valence-electron chi connectivity index (χ0n) is 11.6. The second-order valence-electron chi connectivity index (χ2n) is 4.57. The van der Waals surface area contributed by atoms with Crippen LogP contribution in [0.1, 0.15) is 24.9 Å². The summed E-state index contributed by atoms with van der Waals surface area (Å²) in [4.78, 5) is 0. The van der Waals surface area contributed by atoms with E-state index < -0.39 is 10.0 Å². The van der Waals surface area contributed by atoms with Crippen molar-refractivity contribution in [2.45, 2.75) is 19.4 Å². The van der Waals surface area contributed by atoms with Gasteiger partial charge in [0, 0.05) is 31.2 Å². The zero-order chi connectivity index (χ0) is 14.5. The third-order valence-corrected chi connectivity index (χ3v) is 5.29. The van der Waals surface area contributed by atoms with Crippen LogP contribution >= 0.6 is 15.9 Å². The highest BCUT2D eigenvalue weighted by atomic mass is 79.9. The summed E-state index contributed by atoms with van der Waals surface area (Å²) in [5.74, 6) is 0.116. The Balaban J connectivity index is 2.60. The van der Waals surface area contributed by atoms with Gasteiger partial charge in [-0.15, -0.1) is 0 Å². The Kier molecular flexibility index (Phi) is 6.46. The molecule has 0 spiro atoms. The largest absolute Gasteiger partial charge is 0.309 e. The molecule has 0 aliphatic heterocycles. The molecule has 6 heteroatoms. The minimum absolute atomic E-state index is 0.116. The summed E-state index contributed by atoms with van der Waals surface area (Å²) in [6.07, 6.45) is 0.915. The van der Waals surface area contributed by atoms with Crippen molar-refractivity contribution < 1.29 is 8.42 Å². The molecule has 0 aliphatic rings. The van der Waals surface area contributed by atoms with Crippen LogP contribution in [0.5, 0.6) is 0 Å². The molecule has 1 aromatic rings. The maximum atomic E-state index is 11.7. The van der Waals surface area contributed by atoms with E-state index in [9.17, 15) is 8.42 Å². The van der Waals surface area contributed by atoms with Crippen molar-refractivity contribution in [3.05, 3.63) is 34.3 Å². The molecule has 0 aromatic heterocycles. The van der Waals surface area contributed by atoms with Crippen LogP contribution in [0.25, 0.3) is 0 Å². The third kappa shape index (κ3) is 5.22. The van der Waals surface area contributed by atoms with Gasteiger partial charge in [-0.3, -0.25) is 0 Å². The summed E-state index contributed by atoms with van der Waals surface area (Å²) in [6.45, 7) is 2.53. The molecule has 0 aliphatic carbocycles. The van der Waals surface area contributed by atoms with Crippen LogP contribution < -0.4 is 5.32 Å². The summed E-state index contributed by atoms with van der Waals surface area (Å²) in [6, 6.07) is 8.25. The molecular weight excluding hydrogens is 328 g/mol. The molecule has 1 N–H and O–H groups in total. The quantitative estimate of drug-likeness (QED) is 0.822. The van der Waals surface area contributed by atoms with E-state index in [4.69, 9.17) is 0 Å². The average molecular weight is 349 g/mol. The van der Waals surface area contributed by atoms with E-state index in [1.165, 1.54) is 9.87 Å². The lowest BCUT2D eigenvalue weighted by Gasteiger charge is -2.18. The Bertz CT molecular complexity index is 503. The van der Waals surface area contributed by atoms with Gasteiger partial charge in [0.1, 0.15) is 0 Å². The molecule has 4 nitrogen and oxygen atoms in total. The van der Waals surface area contributed by atoms with Crippen LogP contribution in [-0.4, -0.2) is 39.1 Å². The molecule has 0 saturated carbocycles. The summed E-state index contributed by atoms with van der Waals surface area (Å²) in [7, 11) is -0.0179. The normalized spacial score (nSPS) is 13.7. The standard InChI is InChI=1S/C13H21BrN2O2S/c1-4-13(11-6-5-7-12(14)10-11)15-8-9-19(17,18)16(2)3/h5-7,10,13,15H,4,8-9H2,1-3H3. The summed E-state index contributed by atoms with van der Waals surface area (Å²) in [5, 5.41) is 3.30. The highest BCUT2D eigenvalue weighted by molar-refractivity contribution is 9.10. The van der Waals surface area contributed by atoms with E-state index in [-0.39, 0.29) is 11.8 Å². The first kappa shape index (κ1) is 16.6. The number of halogens is 1. The van der Waals surface area contributed by atoms with Crippen LogP contribution in [-0.2, 0) is 10.0 Å². The van der Waals surface area contributed by atoms with Gasteiger partial charge in [-0.05, 0) is 24.1 Å². The third-order valence-electron chi connectivity index (χ3n) is 2.97. The van der Waals surface area contributed by atoms with Crippen molar-refractivity contribution in [1.29, 1.82) is 0 Å². The molecule has 19 heavy (non-hydrogen) atoms. The SMILES string of the molecule is CCC(NCCS(=O)(=O)N(C)C)c1cccc(Br)c1. The minimum atomic E-state index is -3.13. The lowest BCUT2D eigenvalue weighted by molar-refractivity contribution is 0.503. The van der Waals surface area contributed by atoms with Crippen molar-refractivity contribution in [2.24, 2.45) is 0 Å².